The Balaban J connectivity index is 1.87. The molecule has 3 rings (SSSR count). The lowest BCUT2D eigenvalue weighted by Crippen LogP contribution is -2.49. The van der Waals surface area contributed by atoms with E-state index in [9.17, 15) is 22.4 Å². The largest absolute Gasteiger partial charge is 0.335 e. The van der Waals surface area contributed by atoms with Crippen molar-refractivity contribution in [2.75, 3.05) is 26.2 Å². The van der Waals surface area contributed by atoms with E-state index in [1.807, 2.05) is 0 Å². The maximum atomic E-state index is 13.6. The van der Waals surface area contributed by atoms with E-state index in [0.29, 0.717) is 18.8 Å². The number of halogens is 4. The first-order chi connectivity index (χ1) is 9.99. The lowest BCUT2D eigenvalue weighted by atomic mass is 10.1. The van der Waals surface area contributed by atoms with Crippen LogP contribution in [0.5, 0.6) is 0 Å². The topological polar surface area (TPSA) is 44.7 Å². The number of benzene rings is 1. The SMILES string of the molecule is O=C1CNCCN1CC1=Nc2c(F)c(F)c(F)c(F)c2C1. The number of nitrogens with one attached hydrogen (secondary N) is 1. The summed E-state index contributed by atoms with van der Waals surface area (Å²) in [4.78, 5) is 17.0. The molecule has 0 bridgehead atoms. The van der Waals surface area contributed by atoms with Gasteiger partial charge >= 0.3 is 0 Å². The van der Waals surface area contributed by atoms with Crippen LogP contribution in [0.15, 0.2) is 4.99 Å². The Morgan fingerprint density at radius 3 is 2.52 bits per heavy atom. The maximum Gasteiger partial charge on any atom is 0.236 e. The van der Waals surface area contributed by atoms with Crippen molar-refractivity contribution in [3.63, 3.8) is 0 Å². The van der Waals surface area contributed by atoms with Crippen molar-refractivity contribution in [3.8, 4) is 0 Å². The van der Waals surface area contributed by atoms with E-state index in [4.69, 9.17) is 0 Å². The van der Waals surface area contributed by atoms with Crippen LogP contribution >= 0.6 is 0 Å². The van der Waals surface area contributed by atoms with Gasteiger partial charge in [-0.3, -0.25) is 9.79 Å². The molecular formula is C13H11F4N3O. The number of amides is 1. The summed E-state index contributed by atoms with van der Waals surface area (Å²) in [7, 11) is 0. The van der Waals surface area contributed by atoms with E-state index in [1.165, 1.54) is 4.90 Å². The highest BCUT2D eigenvalue weighted by atomic mass is 19.2. The van der Waals surface area contributed by atoms with Crippen LogP contribution in [0.2, 0.25) is 0 Å². The van der Waals surface area contributed by atoms with E-state index in [-0.39, 0.29) is 31.0 Å². The van der Waals surface area contributed by atoms with Gasteiger partial charge in [-0.2, -0.15) is 0 Å². The Labute approximate surface area is 117 Å². The average Bonchev–Trinajstić information content (AvgIpc) is 2.89. The van der Waals surface area contributed by atoms with Crippen LogP contribution < -0.4 is 5.32 Å². The first-order valence-corrected chi connectivity index (χ1v) is 6.38. The van der Waals surface area contributed by atoms with E-state index in [0.717, 1.165) is 0 Å². The first kappa shape index (κ1) is 14.0. The molecule has 2 aliphatic rings. The molecular weight excluding hydrogens is 290 g/mol. The zero-order valence-corrected chi connectivity index (χ0v) is 10.9. The molecule has 0 spiro atoms. The predicted molar refractivity (Wildman–Crippen MR) is 66.5 cm³/mol. The van der Waals surface area contributed by atoms with Crippen molar-refractivity contribution < 1.29 is 22.4 Å². The molecule has 1 saturated heterocycles. The number of hydrogen-bond acceptors (Lipinski definition) is 3. The quantitative estimate of drug-likeness (QED) is 0.508. The molecule has 112 valence electrons. The molecule has 2 heterocycles. The lowest BCUT2D eigenvalue weighted by molar-refractivity contribution is -0.131. The van der Waals surface area contributed by atoms with Gasteiger partial charge in [-0.15, -0.1) is 0 Å². The number of fused-ring (bicyclic) bond motifs is 1. The zero-order valence-electron chi connectivity index (χ0n) is 10.9. The second-order valence-corrected chi connectivity index (χ2v) is 4.93. The van der Waals surface area contributed by atoms with Gasteiger partial charge in [0.25, 0.3) is 0 Å². The fraction of sp³-hybridized carbons (Fsp3) is 0.385. The molecule has 8 heteroatoms. The van der Waals surface area contributed by atoms with Crippen LogP contribution in [-0.2, 0) is 11.2 Å². The summed E-state index contributed by atoms with van der Waals surface area (Å²) in [5, 5.41) is 2.89. The fourth-order valence-electron chi connectivity index (χ4n) is 2.47. The van der Waals surface area contributed by atoms with Gasteiger partial charge in [0.05, 0.1) is 13.1 Å². The van der Waals surface area contributed by atoms with Gasteiger partial charge in [0.15, 0.2) is 23.3 Å². The molecule has 0 aliphatic carbocycles. The number of hydrogen-bond donors (Lipinski definition) is 1. The highest BCUT2D eigenvalue weighted by Crippen LogP contribution is 2.35. The number of carbonyl (C=O) groups is 1. The Morgan fingerprint density at radius 1 is 1.10 bits per heavy atom. The van der Waals surface area contributed by atoms with Crippen LogP contribution in [0.4, 0.5) is 23.2 Å². The monoisotopic (exact) mass is 301 g/mol. The molecule has 0 aromatic heterocycles. The summed E-state index contributed by atoms with van der Waals surface area (Å²) in [5.74, 6) is -6.77. The van der Waals surface area contributed by atoms with Crippen LogP contribution in [-0.4, -0.2) is 42.7 Å². The van der Waals surface area contributed by atoms with Crippen molar-refractivity contribution in [2.24, 2.45) is 4.99 Å². The predicted octanol–water partition coefficient (Wildman–Crippen LogP) is 1.30. The molecule has 0 unspecified atom stereocenters. The molecule has 1 N–H and O–H groups in total. The van der Waals surface area contributed by atoms with Gasteiger partial charge in [0.2, 0.25) is 5.91 Å². The highest BCUT2D eigenvalue weighted by Gasteiger charge is 2.31. The summed E-state index contributed by atoms with van der Waals surface area (Å²) in [6.07, 6.45) is -0.132. The second kappa shape index (κ2) is 5.10. The third kappa shape index (κ3) is 2.29. The second-order valence-electron chi connectivity index (χ2n) is 4.93. The molecule has 1 amide bonds. The van der Waals surface area contributed by atoms with E-state index < -0.39 is 29.0 Å². The minimum absolute atomic E-state index is 0.0946. The summed E-state index contributed by atoms with van der Waals surface area (Å²) in [6, 6.07) is 0. The normalized spacial score (nSPS) is 18.0. The van der Waals surface area contributed by atoms with E-state index >= 15 is 0 Å². The average molecular weight is 301 g/mol. The molecule has 1 aromatic carbocycles. The van der Waals surface area contributed by atoms with E-state index in [2.05, 4.69) is 10.3 Å². The molecule has 1 fully saturated rings. The molecule has 0 atom stereocenters. The van der Waals surface area contributed by atoms with Crippen molar-refractivity contribution >= 4 is 17.3 Å². The molecule has 21 heavy (non-hydrogen) atoms. The van der Waals surface area contributed by atoms with Crippen LogP contribution in [0.3, 0.4) is 0 Å². The van der Waals surface area contributed by atoms with Crippen LogP contribution in [0.25, 0.3) is 0 Å². The zero-order chi connectivity index (χ0) is 15.1. The summed E-state index contributed by atoms with van der Waals surface area (Å²) < 4.78 is 53.6. The highest BCUT2D eigenvalue weighted by molar-refractivity contribution is 5.97. The van der Waals surface area contributed by atoms with Crippen molar-refractivity contribution in [2.45, 2.75) is 6.42 Å². The van der Waals surface area contributed by atoms with Crippen molar-refractivity contribution in [3.05, 3.63) is 28.8 Å². The summed E-state index contributed by atoms with van der Waals surface area (Å²) >= 11 is 0. The fourth-order valence-corrected chi connectivity index (χ4v) is 2.47. The van der Waals surface area contributed by atoms with Crippen molar-refractivity contribution in [1.29, 1.82) is 0 Å². The number of nitrogens with zero attached hydrogens (tertiary/aromatic N) is 2. The molecule has 0 saturated carbocycles. The number of carbonyl (C=O) groups excluding carboxylic acids is 1. The van der Waals surface area contributed by atoms with E-state index in [1.54, 1.807) is 0 Å². The van der Waals surface area contributed by atoms with Crippen LogP contribution in [0.1, 0.15) is 5.56 Å². The molecule has 2 aliphatic heterocycles. The van der Waals surface area contributed by atoms with Gasteiger partial charge in [-0.25, -0.2) is 17.6 Å². The minimum Gasteiger partial charge on any atom is -0.335 e. The first-order valence-electron chi connectivity index (χ1n) is 6.38. The van der Waals surface area contributed by atoms with Gasteiger partial charge in [0.1, 0.15) is 5.69 Å². The Morgan fingerprint density at radius 2 is 1.81 bits per heavy atom. The standard InChI is InChI=1S/C13H11F4N3O/c14-9-7-3-6(5-20-2-1-18-4-8(20)21)19-13(7)12(17)11(16)10(9)15/h18H,1-5H2. The number of piperazine rings is 1. The molecule has 4 nitrogen and oxygen atoms in total. The number of rotatable bonds is 2. The summed E-state index contributed by atoms with van der Waals surface area (Å²) in [5.41, 5.74) is -0.504. The lowest BCUT2D eigenvalue weighted by Gasteiger charge is -2.27. The third-order valence-electron chi connectivity index (χ3n) is 3.55. The third-order valence-corrected chi connectivity index (χ3v) is 3.55. The smallest absolute Gasteiger partial charge is 0.236 e. The van der Waals surface area contributed by atoms with Gasteiger partial charge in [-0.05, 0) is 0 Å². The maximum absolute atomic E-state index is 13.6. The Hall–Kier alpha value is -1.96. The Kier molecular flexibility index (Phi) is 3.40. The van der Waals surface area contributed by atoms with Gasteiger partial charge < -0.3 is 10.2 Å². The van der Waals surface area contributed by atoms with Gasteiger partial charge in [-0.1, -0.05) is 0 Å². The Bertz CT molecular complexity index is 660. The minimum atomic E-state index is -1.87. The molecule has 1 aromatic rings. The molecule has 0 radical (unpaired) electrons. The van der Waals surface area contributed by atoms with Crippen molar-refractivity contribution in [1.82, 2.24) is 10.2 Å². The number of aliphatic imine (C=N–C) groups is 1. The van der Waals surface area contributed by atoms with Crippen LogP contribution in [0, 0.1) is 23.3 Å². The van der Waals surface area contributed by atoms with Gasteiger partial charge in [0, 0.05) is 30.8 Å². The summed E-state index contributed by atoms with van der Waals surface area (Å²) in [6.45, 7) is 1.34.